The Morgan fingerprint density at radius 3 is 2.74 bits per heavy atom. The number of hydroxylamine groups is 2. The molecular formula is C21H25N3O3. The molecular weight excluding hydrogens is 342 g/mol. The molecule has 142 valence electrons. The van der Waals surface area contributed by atoms with Gasteiger partial charge in [0.2, 0.25) is 0 Å². The third-order valence-corrected chi connectivity index (χ3v) is 5.65. The number of fused-ring (bicyclic) bond motifs is 1. The van der Waals surface area contributed by atoms with E-state index in [4.69, 9.17) is 14.0 Å². The fourth-order valence-corrected chi connectivity index (χ4v) is 4.05. The molecule has 2 atom stereocenters. The lowest BCUT2D eigenvalue weighted by molar-refractivity contribution is -0.169. The maximum Gasteiger partial charge on any atom is 0.163 e. The minimum absolute atomic E-state index is 0.155. The number of hydrogen-bond donors (Lipinski definition) is 0. The average molecular weight is 367 g/mol. The van der Waals surface area contributed by atoms with Crippen molar-refractivity contribution in [3.8, 4) is 5.75 Å². The van der Waals surface area contributed by atoms with Crippen LogP contribution < -0.4 is 9.64 Å². The molecule has 6 heteroatoms. The van der Waals surface area contributed by atoms with Crippen molar-refractivity contribution in [2.24, 2.45) is 0 Å². The maximum absolute atomic E-state index is 6.11. The molecule has 0 N–H and O–H groups in total. The number of likely N-dealkylation sites (N-methyl/N-ethyl adjacent to an activating group) is 1. The van der Waals surface area contributed by atoms with Crippen LogP contribution in [0, 0.1) is 0 Å². The molecule has 0 bridgehead atoms. The van der Waals surface area contributed by atoms with Gasteiger partial charge in [0.1, 0.15) is 18.1 Å². The first-order valence-electron chi connectivity index (χ1n) is 9.63. The van der Waals surface area contributed by atoms with Crippen LogP contribution in [0.2, 0.25) is 0 Å². The Morgan fingerprint density at radius 1 is 1.04 bits per heavy atom. The predicted molar refractivity (Wildman–Crippen MR) is 103 cm³/mol. The van der Waals surface area contributed by atoms with Gasteiger partial charge in [0.05, 0.1) is 12.3 Å². The van der Waals surface area contributed by atoms with E-state index in [0.717, 1.165) is 44.1 Å². The third kappa shape index (κ3) is 3.19. The minimum Gasteiger partial charge on any atom is -0.491 e. The standard InChI is InChI=1S/C21H25N3O3/c1-22-9-11-23(12-10-22)18-4-2-5-19-17(18)14-16(15-26-19)24-8-7-21(27-24)20-6-3-13-25-20/h2-8,13,16,21H,9-12,14-15H2,1H3/t16-,21?/m0/s1. The van der Waals surface area contributed by atoms with Gasteiger partial charge in [0, 0.05) is 50.1 Å². The van der Waals surface area contributed by atoms with Crippen molar-refractivity contribution < 1.29 is 14.0 Å². The summed E-state index contributed by atoms with van der Waals surface area (Å²) in [5.41, 5.74) is 2.59. The second-order valence-electron chi connectivity index (χ2n) is 7.46. The summed E-state index contributed by atoms with van der Waals surface area (Å²) in [6.07, 6.45) is 6.46. The molecule has 1 aromatic heterocycles. The third-order valence-electron chi connectivity index (χ3n) is 5.65. The van der Waals surface area contributed by atoms with Gasteiger partial charge in [0.15, 0.2) is 6.10 Å². The van der Waals surface area contributed by atoms with Crippen LogP contribution in [0.4, 0.5) is 5.69 Å². The van der Waals surface area contributed by atoms with Crippen LogP contribution in [0.5, 0.6) is 5.75 Å². The first-order valence-corrected chi connectivity index (χ1v) is 9.63. The number of benzene rings is 1. The van der Waals surface area contributed by atoms with Crippen molar-refractivity contribution in [3.63, 3.8) is 0 Å². The molecule has 2 aromatic rings. The molecule has 5 rings (SSSR count). The van der Waals surface area contributed by atoms with Gasteiger partial charge in [-0.3, -0.25) is 9.90 Å². The van der Waals surface area contributed by atoms with E-state index < -0.39 is 0 Å². The maximum atomic E-state index is 6.11. The molecule has 0 radical (unpaired) electrons. The lowest BCUT2D eigenvalue weighted by atomic mass is 9.99. The first kappa shape index (κ1) is 16.7. The van der Waals surface area contributed by atoms with Gasteiger partial charge < -0.3 is 19.0 Å². The van der Waals surface area contributed by atoms with E-state index >= 15 is 0 Å². The summed E-state index contributed by atoms with van der Waals surface area (Å²) in [6, 6.07) is 10.4. The SMILES string of the molecule is CN1CCN(c2cccc3c2C[C@H](N2C=CC(c4ccco4)O2)CO3)CC1. The van der Waals surface area contributed by atoms with Crippen LogP contribution in [-0.4, -0.2) is 55.8 Å². The number of nitrogens with zero attached hydrogens (tertiary/aromatic N) is 3. The van der Waals surface area contributed by atoms with E-state index in [0.29, 0.717) is 6.61 Å². The highest BCUT2D eigenvalue weighted by molar-refractivity contribution is 5.60. The Hall–Kier alpha value is -2.44. The Labute approximate surface area is 159 Å². The van der Waals surface area contributed by atoms with Crippen molar-refractivity contribution in [3.05, 3.63) is 60.2 Å². The van der Waals surface area contributed by atoms with Gasteiger partial charge >= 0.3 is 0 Å². The lowest BCUT2D eigenvalue weighted by Gasteiger charge is -2.38. The topological polar surface area (TPSA) is 41.3 Å². The van der Waals surface area contributed by atoms with Gasteiger partial charge in [-0.25, -0.2) is 0 Å². The van der Waals surface area contributed by atoms with Gasteiger partial charge in [-0.15, -0.1) is 0 Å². The molecule has 6 nitrogen and oxygen atoms in total. The number of piperazine rings is 1. The number of anilines is 1. The molecule has 1 fully saturated rings. The number of hydrogen-bond acceptors (Lipinski definition) is 6. The smallest absolute Gasteiger partial charge is 0.163 e. The van der Waals surface area contributed by atoms with Gasteiger partial charge in [-0.1, -0.05) is 6.07 Å². The monoisotopic (exact) mass is 367 g/mol. The van der Waals surface area contributed by atoms with Crippen LogP contribution in [0.1, 0.15) is 17.4 Å². The predicted octanol–water partition coefficient (Wildman–Crippen LogP) is 2.84. The fourth-order valence-electron chi connectivity index (χ4n) is 4.05. The van der Waals surface area contributed by atoms with Crippen LogP contribution in [0.15, 0.2) is 53.3 Å². The largest absolute Gasteiger partial charge is 0.491 e. The summed E-state index contributed by atoms with van der Waals surface area (Å²) < 4.78 is 11.6. The molecule has 1 saturated heterocycles. The molecule has 3 aliphatic heterocycles. The second kappa shape index (κ2) is 6.94. The van der Waals surface area contributed by atoms with E-state index in [2.05, 4.69) is 35.0 Å². The Balaban J connectivity index is 1.33. The van der Waals surface area contributed by atoms with Crippen LogP contribution in [-0.2, 0) is 11.3 Å². The van der Waals surface area contributed by atoms with Gasteiger partial charge in [-0.05, 0) is 37.4 Å². The van der Waals surface area contributed by atoms with Gasteiger partial charge in [-0.2, -0.15) is 0 Å². The summed E-state index contributed by atoms with van der Waals surface area (Å²) in [7, 11) is 2.18. The van der Waals surface area contributed by atoms with Crippen LogP contribution in [0.3, 0.4) is 0 Å². The van der Waals surface area contributed by atoms with E-state index in [9.17, 15) is 0 Å². The number of ether oxygens (including phenoxy) is 1. The zero-order valence-corrected chi connectivity index (χ0v) is 15.6. The van der Waals surface area contributed by atoms with Crippen LogP contribution >= 0.6 is 0 Å². The van der Waals surface area contributed by atoms with E-state index in [1.165, 1.54) is 11.3 Å². The number of furan rings is 1. The highest BCUT2D eigenvalue weighted by atomic mass is 16.7. The van der Waals surface area contributed by atoms with E-state index in [1.807, 2.05) is 29.5 Å². The molecule has 0 saturated carbocycles. The highest BCUT2D eigenvalue weighted by Crippen LogP contribution is 2.37. The van der Waals surface area contributed by atoms with Crippen molar-refractivity contribution in [1.29, 1.82) is 0 Å². The zero-order chi connectivity index (χ0) is 18.2. The van der Waals surface area contributed by atoms with Gasteiger partial charge in [0.25, 0.3) is 0 Å². The second-order valence-corrected chi connectivity index (χ2v) is 7.46. The van der Waals surface area contributed by atoms with Crippen LogP contribution in [0.25, 0.3) is 0 Å². The van der Waals surface area contributed by atoms with E-state index in [1.54, 1.807) is 6.26 Å². The summed E-state index contributed by atoms with van der Waals surface area (Å²) in [4.78, 5) is 10.9. The first-order chi connectivity index (χ1) is 13.3. The summed E-state index contributed by atoms with van der Waals surface area (Å²) >= 11 is 0. The van der Waals surface area contributed by atoms with E-state index in [-0.39, 0.29) is 12.1 Å². The molecule has 27 heavy (non-hydrogen) atoms. The summed E-state index contributed by atoms with van der Waals surface area (Å²) in [5.74, 6) is 1.83. The molecule has 4 heterocycles. The summed E-state index contributed by atoms with van der Waals surface area (Å²) in [6.45, 7) is 4.92. The number of rotatable bonds is 3. The Kier molecular flexibility index (Phi) is 4.30. The molecule has 0 aliphatic carbocycles. The molecule has 1 aromatic carbocycles. The molecule has 1 unspecified atom stereocenters. The van der Waals surface area contributed by atoms with Crippen molar-refractivity contribution in [2.45, 2.75) is 18.6 Å². The summed E-state index contributed by atoms with van der Waals surface area (Å²) in [5, 5.41) is 1.93. The Morgan fingerprint density at radius 2 is 1.93 bits per heavy atom. The molecule has 0 amide bonds. The quantitative estimate of drug-likeness (QED) is 0.831. The average Bonchev–Trinajstić information content (AvgIpc) is 3.39. The normalized spacial score (nSPS) is 25.5. The zero-order valence-electron chi connectivity index (χ0n) is 15.6. The highest BCUT2D eigenvalue weighted by Gasteiger charge is 2.32. The Bertz CT molecular complexity index is 812. The molecule has 0 spiro atoms. The minimum atomic E-state index is -0.158. The van der Waals surface area contributed by atoms with Crippen molar-refractivity contribution in [1.82, 2.24) is 9.96 Å². The molecule has 3 aliphatic rings. The lowest BCUT2D eigenvalue weighted by Crippen LogP contribution is -2.45. The van der Waals surface area contributed by atoms with Crippen molar-refractivity contribution in [2.75, 3.05) is 44.7 Å². The van der Waals surface area contributed by atoms with Crippen molar-refractivity contribution >= 4 is 5.69 Å². The fraction of sp³-hybridized carbons (Fsp3) is 0.429.